The maximum atomic E-state index is 12.7. The third-order valence-corrected chi connectivity index (χ3v) is 6.74. The molecule has 1 aliphatic carbocycles. The van der Waals surface area contributed by atoms with Gasteiger partial charge in [-0.25, -0.2) is 9.78 Å². The molecular weight excluding hydrogens is 432 g/mol. The molecule has 0 saturated heterocycles. The molecule has 1 atom stereocenters. The van der Waals surface area contributed by atoms with Crippen molar-refractivity contribution in [1.82, 2.24) is 19.6 Å². The first-order valence-corrected chi connectivity index (χ1v) is 11.9. The molecule has 33 heavy (non-hydrogen) atoms. The average Bonchev–Trinajstić information content (AvgIpc) is 2.84. The predicted molar refractivity (Wildman–Crippen MR) is 138 cm³/mol. The Labute approximate surface area is 201 Å². The number of fused-ring (bicyclic) bond motifs is 1. The monoisotopic (exact) mass is 464 g/mol. The molecule has 0 bridgehead atoms. The molecule has 1 aliphatic rings. The van der Waals surface area contributed by atoms with E-state index in [2.05, 4.69) is 23.4 Å². The Morgan fingerprint density at radius 1 is 1.00 bits per heavy atom. The molecule has 0 radical (unpaired) electrons. The number of thiol groups is 1. The molecule has 3 aromatic rings. The fourth-order valence-electron chi connectivity index (χ4n) is 4.35. The van der Waals surface area contributed by atoms with Crippen LogP contribution in [0, 0.1) is 0 Å². The molecule has 1 saturated carbocycles. The van der Waals surface area contributed by atoms with Gasteiger partial charge in [0.15, 0.2) is 0 Å². The number of nitrogens with zero attached hydrogens (tertiary/aromatic N) is 4. The van der Waals surface area contributed by atoms with Crippen molar-refractivity contribution in [1.29, 1.82) is 0 Å². The molecule has 8 heteroatoms. The maximum absolute atomic E-state index is 12.7. The minimum atomic E-state index is -0.153. The Morgan fingerprint density at radius 3 is 2.36 bits per heavy atom. The van der Waals surface area contributed by atoms with E-state index < -0.39 is 0 Å². The molecular formula is C25H32N6OS. The van der Waals surface area contributed by atoms with Crippen LogP contribution >= 0.6 is 12.8 Å². The van der Waals surface area contributed by atoms with Crippen LogP contribution in [0.2, 0.25) is 0 Å². The minimum absolute atomic E-state index is 0.0673. The van der Waals surface area contributed by atoms with Gasteiger partial charge in [-0.1, -0.05) is 55.3 Å². The van der Waals surface area contributed by atoms with Gasteiger partial charge in [0, 0.05) is 31.6 Å². The third-order valence-electron chi connectivity index (χ3n) is 6.23. The number of para-hydroxylation sites is 1. The number of nitrogens with one attached hydrogen (secondary N) is 2. The highest BCUT2D eigenvalue weighted by molar-refractivity contribution is 7.78. The van der Waals surface area contributed by atoms with Crippen LogP contribution < -0.4 is 15.5 Å². The Kier molecular flexibility index (Phi) is 7.23. The first kappa shape index (κ1) is 23.2. The highest BCUT2D eigenvalue weighted by Crippen LogP contribution is 2.28. The number of amides is 2. The van der Waals surface area contributed by atoms with Crippen LogP contribution in [0.1, 0.15) is 44.2 Å². The SMILES string of the molecule is CC(NC(=O)N(S)C1CCC(Nc2nc(N(C)C)c3ccccc3n2)CC1)c1ccccc1. The zero-order valence-corrected chi connectivity index (χ0v) is 20.3. The van der Waals surface area contributed by atoms with Gasteiger partial charge in [0.25, 0.3) is 0 Å². The van der Waals surface area contributed by atoms with Gasteiger partial charge in [0.1, 0.15) is 5.82 Å². The molecule has 0 spiro atoms. The van der Waals surface area contributed by atoms with Crippen LogP contribution in [0.25, 0.3) is 10.9 Å². The largest absolute Gasteiger partial charge is 0.362 e. The van der Waals surface area contributed by atoms with E-state index in [1.54, 1.807) is 4.31 Å². The number of carbonyl (C=O) groups is 1. The molecule has 2 aromatic carbocycles. The normalized spacial score (nSPS) is 19.0. The molecule has 1 unspecified atom stereocenters. The molecule has 0 aliphatic heterocycles. The maximum Gasteiger partial charge on any atom is 0.327 e. The van der Waals surface area contributed by atoms with Gasteiger partial charge in [0.05, 0.1) is 11.6 Å². The van der Waals surface area contributed by atoms with Gasteiger partial charge in [-0.15, -0.1) is 0 Å². The van der Waals surface area contributed by atoms with Gasteiger partial charge in [-0.05, 0) is 50.3 Å². The van der Waals surface area contributed by atoms with E-state index in [1.807, 2.05) is 80.5 Å². The lowest BCUT2D eigenvalue weighted by atomic mass is 9.91. The van der Waals surface area contributed by atoms with E-state index in [4.69, 9.17) is 9.97 Å². The topological polar surface area (TPSA) is 73.4 Å². The summed E-state index contributed by atoms with van der Waals surface area (Å²) in [4.78, 5) is 24.2. The van der Waals surface area contributed by atoms with Crippen LogP contribution in [-0.2, 0) is 0 Å². The number of aromatic nitrogens is 2. The van der Waals surface area contributed by atoms with E-state index >= 15 is 0 Å². The van der Waals surface area contributed by atoms with Crippen molar-refractivity contribution in [2.75, 3.05) is 24.3 Å². The zero-order chi connectivity index (χ0) is 23.4. The van der Waals surface area contributed by atoms with Gasteiger partial charge in [-0.2, -0.15) is 4.98 Å². The van der Waals surface area contributed by atoms with Crippen molar-refractivity contribution in [3.05, 3.63) is 60.2 Å². The van der Waals surface area contributed by atoms with Crippen molar-refractivity contribution in [2.45, 2.75) is 50.7 Å². The highest BCUT2D eigenvalue weighted by atomic mass is 32.1. The summed E-state index contributed by atoms with van der Waals surface area (Å²) in [6, 6.07) is 18.2. The summed E-state index contributed by atoms with van der Waals surface area (Å²) in [5, 5.41) is 7.61. The second-order valence-electron chi connectivity index (χ2n) is 8.86. The second kappa shape index (κ2) is 10.3. The molecule has 1 heterocycles. The molecule has 2 amide bonds. The fourth-order valence-corrected chi connectivity index (χ4v) is 4.64. The number of rotatable bonds is 6. The summed E-state index contributed by atoms with van der Waals surface area (Å²) < 4.78 is 1.56. The zero-order valence-electron chi connectivity index (χ0n) is 19.4. The Bertz CT molecular complexity index is 1080. The lowest BCUT2D eigenvalue weighted by molar-refractivity contribution is 0.201. The van der Waals surface area contributed by atoms with Gasteiger partial charge < -0.3 is 15.5 Å². The summed E-state index contributed by atoms with van der Waals surface area (Å²) in [7, 11) is 3.99. The van der Waals surface area contributed by atoms with E-state index in [-0.39, 0.29) is 24.2 Å². The molecule has 1 aromatic heterocycles. The molecule has 2 N–H and O–H groups in total. The van der Waals surface area contributed by atoms with Crippen LogP contribution in [0.5, 0.6) is 0 Å². The Morgan fingerprint density at radius 2 is 1.67 bits per heavy atom. The van der Waals surface area contributed by atoms with Crippen LogP contribution in [0.3, 0.4) is 0 Å². The van der Waals surface area contributed by atoms with Gasteiger partial charge >= 0.3 is 6.03 Å². The minimum Gasteiger partial charge on any atom is -0.362 e. The number of urea groups is 1. The quantitative estimate of drug-likeness (QED) is 0.446. The smallest absolute Gasteiger partial charge is 0.327 e. The van der Waals surface area contributed by atoms with E-state index in [0.29, 0.717) is 5.95 Å². The number of hydrogen-bond acceptors (Lipinski definition) is 6. The van der Waals surface area contributed by atoms with Crippen LogP contribution in [0.15, 0.2) is 54.6 Å². The number of anilines is 2. The standard InChI is InChI=1S/C25H32N6OS/c1-17(18-9-5-4-6-10-18)26-25(32)31(33)20-15-13-19(14-16-20)27-24-28-22-12-8-7-11-21(22)23(29-24)30(2)3/h4-12,17,19-20,33H,13-16H2,1-3H3,(H,26,32)(H,27,28,29). The first-order chi connectivity index (χ1) is 15.9. The molecule has 7 nitrogen and oxygen atoms in total. The summed E-state index contributed by atoms with van der Waals surface area (Å²) in [5.41, 5.74) is 2.01. The predicted octanol–water partition coefficient (Wildman–Crippen LogP) is 5.04. The van der Waals surface area contributed by atoms with Crippen molar-refractivity contribution in [3.63, 3.8) is 0 Å². The highest BCUT2D eigenvalue weighted by Gasteiger charge is 2.28. The third kappa shape index (κ3) is 5.50. The lowest BCUT2D eigenvalue weighted by Gasteiger charge is -2.34. The van der Waals surface area contributed by atoms with E-state index in [1.165, 1.54) is 0 Å². The summed E-state index contributed by atoms with van der Waals surface area (Å²) in [6.07, 6.45) is 3.61. The van der Waals surface area contributed by atoms with E-state index in [9.17, 15) is 4.79 Å². The number of benzene rings is 2. The number of carbonyl (C=O) groups excluding carboxylic acids is 1. The number of hydrogen-bond donors (Lipinski definition) is 3. The molecule has 1 fully saturated rings. The van der Waals surface area contributed by atoms with Crippen LogP contribution in [0.4, 0.5) is 16.6 Å². The summed E-state index contributed by atoms with van der Waals surface area (Å²) >= 11 is 4.53. The Balaban J connectivity index is 1.34. The van der Waals surface area contributed by atoms with Gasteiger partial charge in [0.2, 0.25) is 5.95 Å². The molecule has 4 rings (SSSR count). The van der Waals surface area contributed by atoms with Crippen molar-refractivity contribution in [3.8, 4) is 0 Å². The van der Waals surface area contributed by atoms with Crippen LogP contribution in [-0.4, -0.2) is 46.5 Å². The average molecular weight is 465 g/mol. The van der Waals surface area contributed by atoms with E-state index in [0.717, 1.165) is 48.0 Å². The van der Waals surface area contributed by atoms with Crippen molar-refractivity contribution >= 4 is 41.5 Å². The molecule has 174 valence electrons. The first-order valence-electron chi connectivity index (χ1n) is 11.5. The van der Waals surface area contributed by atoms with Gasteiger partial charge in [-0.3, -0.25) is 4.31 Å². The second-order valence-corrected chi connectivity index (χ2v) is 9.29. The fraction of sp³-hybridized carbons (Fsp3) is 0.400. The lowest BCUT2D eigenvalue weighted by Crippen LogP contribution is -2.44. The Hall–Kier alpha value is -3.00. The summed E-state index contributed by atoms with van der Waals surface area (Å²) in [5.74, 6) is 1.56. The van der Waals surface area contributed by atoms with Crippen molar-refractivity contribution in [2.24, 2.45) is 0 Å². The summed E-state index contributed by atoms with van der Waals surface area (Å²) in [6.45, 7) is 1.99. The van der Waals surface area contributed by atoms with Crippen molar-refractivity contribution < 1.29 is 4.79 Å².